The standard InChI is InChI=1S/C18H20O3/c1-3-5-15-8-12-17(13-9-15)21-18(19)20-16-10-6-14(4-2)7-11-16/h6-13H,3-5H2,1-2H3. The fourth-order valence-corrected chi connectivity index (χ4v) is 2.02. The van der Waals surface area contributed by atoms with E-state index in [1.165, 1.54) is 11.1 Å². The molecule has 0 fully saturated rings. The summed E-state index contributed by atoms with van der Waals surface area (Å²) in [4.78, 5) is 11.7. The van der Waals surface area contributed by atoms with Crippen LogP contribution in [0.2, 0.25) is 0 Å². The van der Waals surface area contributed by atoms with E-state index in [0.29, 0.717) is 11.5 Å². The summed E-state index contributed by atoms with van der Waals surface area (Å²) in [5.41, 5.74) is 2.43. The first-order valence-corrected chi connectivity index (χ1v) is 7.28. The van der Waals surface area contributed by atoms with Crippen molar-refractivity contribution in [1.82, 2.24) is 0 Å². The quantitative estimate of drug-likeness (QED) is 0.585. The van der Waals surface area contributed by atoms with E-state index in [-0.39, 0.29) is 0 Å². The predicted molar refractivity (Wildman–Crippen MR) is 82.9 cm³/mol. The Balaban J connectivity index is 1.91. The lowest BCUT2D eigenvalue weighted by Crippen LogP contribution is -2.13. The summed E-state index contributed by atoms with van der Waals surface area (Å²) in [5, 5.41) is 0. The lowest BCUT2D eigenvalue weighted by Gasteiger charge is -2.06. The number of hydrogen-bond acceptors (Lipinski definition) is 3. The van der Waals surface area contributed by atoms with Gasteiger partial charge in [-0.25, -0.2) is 4.79 Å². The molecule has 0 bridgehead atoms. The molecule has 0 aliphatic carbocycles. The molecular formula is C18H20O3. The minimum absolute atomic E-state index is 0.486. The van der Waals surface area contributed by atoms with Gasteiger partial charge in [0, 0.05) is 0 Å². The number of carbonyl (C=O) groups excluding carboxylic acids is 1. The molecule has 0 saturated heterocycles. The normalized spacial score (nSPS) is 10.2. The number of carbonyl (C=O) groups is 1. The highest BCUT2D eigenvalue weighted by molar-refractivity contribution is 5.67. The summed E-state index contributed by atoms with van der Waals surface area (Å²) >= 11 is 0. The van der Waals surface area contributed by atoms with Gasteiger partial charge < -0.3 is 9.47 Å². The molecule has 0 amide bonds. The molecule has 110 valence electrons. The Kier molecular flexibility index (Phi) is 5.38. The molecule has 3 nitrogen and oxygen atoms in total. The van der Waals surface area contributed by atoms with Gasteiger partial charge in [0.1, 0.15) is 11.5 Å². The molecule has 0 saturated carbocycles. The van der Waals surface area contributed by atoms with Crippen LogP contribution in [0.25, 0.3) is 0 Å². The van der Waals surface area contributed by atoms with Gasteiger partial charge in [0.2, 0.25) is 0 Å². The van der Waals surface area contributed by atoms with Crippen molar-refractivity contribution in [2.45, 2.75) is 33.1 Å². The molecule has 2 aromatic carbocycles. The lowest BCUT2D eigenvalue weighted by atomic mass is 10.1. The third-order valence-corrected chi connectivity index (χ3v) is 3.20. The molecule has 0 heterocycles. The summed E-state index contributed by atoms with van der Waals surface area (Å²) in [7, 11) is 0. The smallest absolute Gasteiger partial charge is 0.395 e. The van der Waals surface area contributed by atoms with Gasteiger partial charge in [0.05, 0.1) is 0 Å². The van der Waals surface area contributed by atoms with E-state index in [4.69, 9.17) is 9.47 Å². The number of rotatable bonds is 5. The van der Waals surface area contributed by atoms with Crippen molar-refractivity contribution in [3.63, 3.8) is 0 Å². The Hall–Kier alpha value is -2.29. The van der Waals surface area contributed by atoms with Crippen LogP contribution in [0.4, 0.5) is 4.79 Å². The maximum Gasteiger partial charge on any atom is 0.519 e. The highest BCUT2D eigenvalue weighted by Crippen LogP contribution is 2.16. The fourth-order valence-electron chi connectivity index (χ4n) is 2.02. The number of ether oxygens (including phenoxy) is 2. The van der Waals surface area contributed by atoms with Crippen LogP contribution >= 0.6 is 0 Å². The maximum absolute atomic E-state index is 11.7. The lowest BCUT2D eigenvalue weighted by molar-refractivity contribution is 0.152. The topological polar surface area (TPSA) is 35.5 Å². The van der Waals surface area contributed by atoms with Crippen LogP contribution in [0, 0.1) is 0 Å². The summed E-state index contributed by atoms with van der Waals surface area (Å²) in [6, 6.07) is 14.9. The average Bonchev–Trinajstić information content (AvgIpc) is 2.50. The molecular weight excluding hydrogens is 264 g/mol. The molecule has 2 aromatic rings. The van der Waals surface area contributed by atoms with Crippen LogP contribution in [0.15, 0.2) is 48.5 Å². The summed E-state index contributed by atoms with van der Waals surface area (Å²) in [5.74, 6) is 0.977. The van der Waals surface area contributed by atoms with Crippen molar-refractivity contribution < 1.29 is 14.3 Å². The van der Waals surface area contributed by atoms with E-state index in [2.05, 4.69) is 13.8 Å². The van der Waals surface area contributed by atoms with Crippen molar-refractivity contribution in [2.24, 2.45) is 0 Å². The van der Waals surface area contributed by atoms with Crippen LogP contribution < -0.4 is 9.47 Å². The first kappa shape index (κ1) is 15.1. The SMILES string of the molecule is CCCc1ccc(OC(=O)Oc2ccc(CC)cc2)cc1. The fraction of sp³-hybridized carbons (Fsp3) is 0.278. The van der Waals surface area contributed by atoms with Gasteiger partial charge in [0.15, 0.2) is 0 Å². The highest BCUT2D eigenvalue weighted by Gasteiger charge is 2.07. The first-order chi connectivity index (χ1) is 10.2. The molecule has 0 atom stereocenters. The van der Waals surface area contributed by atoms with E-state index < -0.39 is 6.16 Å². The second-order valence-corrected chi connectivity index (χ2v) is 4.85. The van der Waals surface area contributed by atoms with Crippen molar-refractivity contribution in [2.75, 3.05) is 0 Å². The van der Waals surface area contributed by atoms with Crippen LogP contribution in [0.5, 0.6) is 11.5 Å². The number of benzene rings is 2. The molecule has 0 radical (unpaired) electrons. The molecule has 3 heteroatoms. The van der Waals surface area contributed by atoms with Crippen LogP contribution in [0.3, 0.4) is 0 Å². The summed E-state index contributed by atoms with van der Waals surface area (Å²) in [6.45, 7) is 4.21. The summed E-state index contributed by atoms with van der Waals surface area (Å²) < 4.78 is 10.3. The van der Waals surface area contributed by atoms with E-state index in [1.807, 2.05) is 24.3 Å². The van der Waals surface area contributed by atoms with Gasteiger partial charge in [-0.15, -0.1) is 0 Å². The molecule has 0 spiro atoms. The van der Waals surface area contributed by atoms with Crippen molar-refractivity contribution in [3.05, 3.63) is 59.7 Å². The van der Waals surface area contributed by atoms with Crippen molar-refractivity contribution >= 4 is 6.16 Å². The second kappa shape index (κ2) is 7.48. The highest BCUT2D eigenvalue weighted by atomic mass is 16.7. The second-order valence-electron chi connectivity index (χ2n) is 4.85. The van der Waals surface area contributed by atoms with E-state index >= 15 is 0 Å². The third-order valence-electron chi connectivity index (χ3n) is 3.20. The average molecular weight is 284 g/mol. The minimum Gasteiger partial charge on any atom is -0.395 e. The van der Waals surface area contributed by atoms with Gasteiger partial charge in [-0.2, -0.15) is 0 Å². The predicted octanol–water partition coefficient (Wildman–Crippen LogP) is 4.78. The summed E-state index contributed by atoms with van der Waals surface area (Å²) in [6.07, 6.45) is 2.35. The molecule has 0 N–H and O–H groups in total. The number of hydrogen-bond donors (Lipinski definition) is 0. The Morgan fingerprint density at radius 1 is 0.810 bits per heavy atom. The monoisotopic (exact) mass is 284 g/mol. The molecule has 0 aliphatic heterocycles. The van der Waals surface area contributed by atoms with Crippen LogP contribution in [0.1, 0.15) is 31.4 Å². The molecule has 2 rings (SSSR count). The van der Waals surface area contributed by atoms with Crippen molar-refractivity contribution in [3.8, 4) is 11.5 Å². The number of aryl methyl sites for hydroxylation is 2. The van der Waals surface area contributed by atoms with Gasteiger partial charge in [-0.1, -0.05) is 44.5 Å². The van der Waals surface area contributed by atoms with Gasteiger partial charge >= 0.3 is 6.16 Å². The molecule has 0 unspecified atom stereocenters. The minimum atomic E-state index is -0.720. The Morgan fingerprint density at radius 3 is 1.71 bits per heavy atom. The van der Waals surface area contributed by atoms with E-state index in [0.717, 1.165) is 19.3 Å². The molecule has 21 heavy (non-hydrogen) atoms. The Labute approximate surface area is 125 Å². The van der Waals surface area contributed by atoms with Gasteiger partial charge in [0.25, 0.3) is 0 Å². The Morgan fingerprint density at radius 2 is 1.29 bits per heavy atom. The largest absolute Gasteiger partial charge is 0.519 e. The van der Waals surface area contributed by atoms with Crippen LogP contribution in [-0.2, 0) is 12.8 Å². The first-order valence-electron chi connectivity index (χ1n) is 7.28. The zero-order valence-corrected chi connectivity index (χ0v) is 12.5. The zero-order valence-electron chi connectivity index (χ0n) is 12.5. The maximum atomic E-state index is 11.7. The van der Waals surface area contributed by atoms with Gasteiger partial charge in [-0.05, 0) is 48.2 Å². The van der Waals surface area contributed by atoms with E-state index in [9.17, 15) is 4.79 Å². The zero-order chi connectivity index (χ0) is 15.1. The van der Waals surface area contributed by atoms with Gasteiger partial charge in [-0.3, -0.25) is 0 Å². The Bertz CT molecular complexity index is 570. The van der Waals surface area contributed by atoms with Crippen LogP contribution in [-0.4, -0.2) is 6.16 Å². The van der Waals surface area contributed by atoms with Crippen molar-refractivity contribution in [1.29, 1.82) is 0 Å². The van der Waals surface area contributed by atoms with E-state index in [1.54, 1.807) is 24.3 Å². The third kappa shape index (κ3) is 4.63. The molecule has 0 aliphatic rings. The molecule has 0 aromatic heterocycles.